The maximum absolute atomic E-state index is 12.6. The fourth-order valence-electron chi connectivity index (χ4n) is 3.72. The van der Waals surface area contributed by atoms with Crippen LogP contribution in [0.4, 0.5) is 18.9 Å². The lowest BCUT2D eigenvalue weighted by molar-refractivity contribution is -0.167. The number of thiophene rings is 1. The number of amides is 2. The summed E-state index contributed by atoms with van der Waals surface area (Å²) < 4.78 is 38.1. The van der Waals surface area contributed by atoms with Crippen LogP contribution in [0.2, 0.25) is 0 Å². The maximum atomic E-state index is 12.6. The van der Waals surface area contributed by atoms with Crippen molar-refractivity contribution in [2.24, 2.45) is 5.92 Å². The first-order valence-electron chi connectivity index (χ1n) is 8.60. The van der Waals surface area contributed by atoms with E-state index in [-0.39, 0.29) is 23.3 Å². The zero-order valence-corrected chi connectivity index (χ0v) is 15.0. The van der Waals surface area contributed by atoms with Gasteiger partial charge in [0.15, 0.2) is 0 Å². The summed E-state index contributed by atoms with van der Waals surface area (Å²) in [5, 5.41) is 6.63. The van der Waals surface area contributed by atoms with Gasteiger partial charge in [-0.25, -0.2) is 4.98 Å². The molecule has 0 saturated carbocycles. The Balaban J connectivity index is 1.53. The molecule has 3 aliphatic heterocycles. The number of piperidine rings is 3. The van der Waals surface area contributed by atoms with Crippen LogP contribution in [0.25, 0.3) is 10.1 Å². The predicted octanol–water partition coefficient (Wildman–Crippen LogP) is 2.62. The fraction of sp³-hybridized carbons (Fsp3) is 0.471. The van der Waals surface area contributed by atoms with Gasteiger partial charge in [-0.05, 0) is 37.9 Å². The van der Waals surface area contributed by atoms with E-state index in [4.69, 9.17) is 0 Å². The lowest BCUT2D eigenvalue weighted by Gasteiger charge is -2.44. The second-order valence-electron chi connectivity index (χ2n) is 6.88. The van der Waals surface area contributed by atoms with Crippen LogP contribution in [-0.2, 0) is 4.79 Å². The lowest BCUT2D eigenvalue weighted by Crippen LogP contribution is -2.57. The summed E-state index contributed by atoms with van der Waals surface area (Å²) in [5.74, 6) is -1.95. The molecule has 3 fully saturated rings. The molecule has 2 aromatic heterocycles. The fourth-order valence-corrected chi connectivity index (χ4v) is 4.56. The van der Waals surface area contributed by atoms with Crippen LogP contribution < -0.4 is 10.6 Å². The average Bonchev–Trinajstić information content (AvgIpc) is 3.04. The molecule has 1 atom stereocenters. The highest BCUT2D eigenvalue weighted by atomic mass is 32.1. The number of carbonyl (C=O) groups excluding carboxylic acids is 2. The van der Waals surface area contributed by atoms with Gasteiger partial charge in [0.25, 0.3) is 5.91 Å². The van der Waals surface area contributed by atoms with E-state index in [0.29, 0.717) is 16.0 Å². The molecule has 2 amide bonds. The van der Waals surface area contributed by atoms with Crippen LogP contribution in [0.15, 0.2) is 17.6 Å². The Kier molecular flexibility index (Phi) is 4.55. The third kappa shape index (κ3) is 3.63. The molecule has 3 saturated heterocycles. The highest BCUT2D eigenvalue weighted by Crippen LogP contribution is 2.32. The van der Waals surface area contributed by atoms with Gasteiger partial charge < -0.3 is 15.5 Å². The minimum atomic E-state index is -4.98. The van der Waals surface area contributed by atoms with Crippen molar-refractivity contribution in [1.29, 1.82) is 0 Å². The SMILES string of the molecule is O=C(N[C@H]1CN2CCC1CC2)c1cc2c(NC(=O)C(F)(F)F)csc2cn1. The van der Waals surface area contributed by atoms with Crippen LogP contribution in [0, 0.1) is 5.92 Å². The number of aromatic nitrogens is 1. The van der Waals surface area contributed by atoms with Crippen molar-refractivity contribution in [1.82, 2.24) is 15.2 Å². The summed E-state index contributed by atoms with van der Waals surface area (Å²) in [7, 11) is 0. The van der Waals surface area contributed by atoms with Crippen LogP contribution in [0.5, 0.6) is 0 Å². The van der Waals surface area contributed by atoms with Gasteiger partial charge in [-0.2, -0.15) is 13.2 Å². The number of hydrogen-bond donors (Lipinski definition) is 2. The number of rotatable bonds is 3. The molecule has 6 nitrogen and oxygen atoms in total. The van der Waals surface area contributed by atoms with E-state index in [1.165, 1.54) is 17.6 Å². The van der Waals surface area contributed by atoms with Crippen molar-refractivity contribution in [3.8, 4) is 0 Å². The average molecular weight is 398 g/mol. The first kappa shape index (κ1) is 18.2. The van der Waals surface area contributed by atoms with Gasteiger partial charge in [0.2, 0.25) is 0 Å². The van der Waals surface area contributed by atoms with Gasteiger partial charge in [0.1, 0.15) is 5.69 Å². The van der Waals surface area contributed by atoms with Crippen molar-refractivity contribution in [3.05, 3.63) is 23.3 Å². The molecule has 27 heavy (non-hydrogen) atoms. The van der Waals surface area contributed by atoms with Gasteiger partial charge in [0, 0.05) is 29.5 Å². The third-order valence-electron chi connectivity index (χ3n) is 5.17. The molecule has 2 aromatic rings. The van der Waals surface area contributed by atoms with Gasteiger partial charge in [-0.1, -0.05) is 0 Å². The number of nitrogens with one attached hydrogen (secondary N) is 2. The Hall–Kier alpha value is -2.20. The second kappa shape index (κ2) is 6.75. The van der Waals surface area contributed by atoms with Gasteiger partial charge in [0.05, 0.1) is 10.4 Å². The van der Waals surface area contributed by atoms with E-state index in [9.17, 15) is 22.8 Å². The Morgan fingerprint density at radius 3 is 2.63 bits per heavy atom. The van der Waals surface area contributed by atoms with Gasteiger partial charge in [-0.3, -0.25) is 9.59 Å². The molecular formula is C17H17F3N4O2S. The number of halogens is 3. The van der Waals surface area contributed by atoms with Crippen molar-refractivity contribution in [2.45, 2.75) is 25.1 Å². The molecule has 3 aliphatic rings. The normalized spacial score (nSPS) is 24.8. The molecule has 2 bridgehead atoms. The molecule has 2 N–H and O–H groups in total. The Morgan fingerprint density at radius 1 is 1.26 bits per heavy atom. The van der Waals surface area contributed by atoms with E-state index < -0.39 is 12.1 Å². The number of nitrogens with zero attached hydrogens (tertiary/aromatic N) is 2. The topological polar surface area (TPSA) is 74.3 Å². The molecule has 10 heteroatoms. The molecule has 5 heterocycles. The van der Waals surface area contributed by atoms with E-state index in [1.807, 2.05) is 5.32 Å². The highest BCUT2D eigenvalue weighted by Gasteiger charge is 2.39. The van der Waals surface area contributed by atoms with Gasteiger partial charge >= 0.3 is 12.1 Å². The summed E-state index contributed by atoms with van der Waals surface area (Å²) in [6.07, 6.45) is -1.43. The van der Waals surface area contributed by atoms with Crippen LogP contribution in [0.1, 0.15) is 23.3 Å². The summed E-state index contributed by atoms with van der Waals surface area (Å²) >= 11 is 1.15. The third-order valence-corrected chi connectivity index (χ3v) is 6.11. The Labute approximate surface area is 156 Å². The predicted molar refractivity (Wildman–Crippen MR) is 94.7 cm³/mol. The Bertz CT molecular complexity index is 890. The Morgan fingerprint density at radius 2 is 2.00 bits per heavy atom. The summed E-state index contributed by atoms with van der Waals surface area (Å²) in [4.78, 5) is 30.2. The van der Waals surface area contributed by atoms with Crippen LogP contribution >= 0.6 is 11.3 Å². The second-order valence-corrected chi connectivity index (χ2v) is 7.80. The zero-order chi connectivity index (χ0) is 19.2. The van der Waals surface area contributed by atoms with Crippen LogP contribution in [0.3, 0.4) is 0 Å². The number of fused-ring (bicyclic) bond motifs is 4. The molecule has 0 radical (unpaired) electrons. The number of carbonyl (C=O) groups is 2. The standard InChI is InChI=1S/C17H17F3N4O2S/c18-17(19,20)16(26)23-13-8-27-14-6-21-11(5-10(13)14)15(25)22-12-7-24-3-1-9(12)2-4-24/h5-6,8-9,12H,1-4,7H2,(H,22,25)(H,23,26)/t12-/m0/s1. The monoisotopic (exact) mass is 398 g/mol. The summed E-state index contributed by atoms with van der Waals surface area (Å²) in [6, 6.07) is 1.48. The largest absolute Gasteiger partial charge is 0.471 e. The van der Waals surface area contributed by atoms with E-state index in [2.05, 4.69) is 15.2 Å². The summed E-state index contributed by atoms with van der Waals surface area (Å²) in [6.45, 7) is 2.92. The molecule has 0 aromatic carbocycles. The maximum Gasteiger partial charge on any atom is 0.471 e. The summed E-state index contributed by atoms with van der Waals surface area (Å²) in [5.41, 5.74) is 0.150. The molecule has 5 rings (SSSR count). The minimum absolute atomic E-state index is 0.0246. The highest BCUT2D eigenvalue weighted by molar-refractivity contribution is 7.17. The molecular weight excluding hydrogens is 381 g/mol. The van der Waals surface area contributed by atoms with Crippen molar-refractivity contribution in [2.75, 3.05) is 25.0 Å². The van der Waals surface area contributed by atoms with Crippen molar-refractivity contribution >= 4 is 38.9 Å². The smallest absolute Gasteiger partial charge is 0.346 e. The first-order chi connectivity index (χ1) is 12.8. The first-order valence-corrected chi connectivity index (χ1v) is 9.48. The molecule has 0 spiro atoms. The molecule has 0 unspecified atom stereocenters. The quantitative estimate of drug-likeness (QED) is 0.834. The van der Waals surface area contributed by atoms with Gasteiger partial charge in [-0.15, -0.1) is 11.3 Å². The van der Waals surface area contributed by atoms with Crippen molar-refractivity contribution in [3.63, 3.8) is 0 Å². The number of hydrogen-bond acceptors (Lipinski definition) is 5. The molecule has 144 valence electrons. The molecule has 0 aliphatic carbocycles. The minimum Gasteiger partial charge on any atom is -0.346 e. The number of pyridine rings is 1. The van der Waals surface area contributed by atoms with E-state index in [1.54, 1.807) is 0 Å². The van der Waals surface area contributed by atoms with E-state index in [0.717, 1.165) is 43.8 Å². The zero-order valence-electron chi connectivity index (χ0n) is 14.2. The lowest BCUT2D eigenvalue weighted by atomic mass is 9.84. The number of anilines is 1. The number of alkyl halides is 3. The van der Waals surface area contributed by atoms with Crippen LogP contribution in [-0.4, -0.2) is 53.6 Å². The van der Waals surface area contributed by atoms with E-state index >= 15 is 0 Å². The van der Waals surface area contributed by atoms with Crippen molar-refractivity contribution < 1.29 is 22.8 Å².